The molecule has 0 amide bonds. The van der Waals surface area contributed by atoms with Crippen LogP contribution in [0.2, 0.25) is 0 Å². The summed E-state index contributed by atoms with van der Waals surface area (Å²) < 4.78 is 5.18. The van der Waals surface area contributed by atoms with E-state index in [1.165, 1.54) is 0 Å². The van der Waals surface area contributed by atoms with E-state index in [4.69, 9.17) is 9.84 Å². The molecule has 1 heterocycles. The first-order valence-electron chi connectivity index (χ1n) is 3.23. The van der Waals surface area contributed by atoms with Gasteiger partial charge in [0.1, 0.15) is 0 Å². The SMILES string of the molecule is C=CC[C@@H]1C[C@@H](O)CO1. The predicted octanol–water partition coefficient (Wildman–Crippen LogP) is 0.712. The summed E-state index contributed by atoms with van der Waals surface area (Å²) in [6.07, 6.45) is 3.43. The van der Waals surface area contributed by atoms with Crippen LogP contribution in [0, 0.1) is 0 Å². The lowest BCUT2D eigenvalue weighted by atomic mass is 10.1. The fraction of sp³-hybridized carbons (Fsp3) is 0.714. The fourth-order valence-corrected chi connectivity index (χ4v) is 1.04. The van der Waals surface area contributed by atoms with Crippen molar-refractivity contribution in [3.8, 4) is 0 Å². The van der Waals surface area contributed by atoms with Crippen molar-refractivity contribution in [1.29, 1.82) is 0 Å². The molecule has 0 aromatic heterocycles. The Labute approximate surface area is 55.1 Å². The van der Waals surface area contributed by atoms with E-state index in [-0.39, 0.29) is 12.2 Å². The second kappa shape index (κ2) is 2.99. The quantitative estimate of drug-likeness (QED) is 0.555. The summed E-state index contributed by atoms with van der Waals surface area (Å²) in [5.74, 6) is 0. The Morgan fingerprint density at radius 2 is 2.56 bits per heavy atom. The van der Waals surface area contributed by atoms with Crippen LogP contribution in [0.25, 0.3) is 0 Å². The molecule has 0 aromatic rings. The zero-order chi connectivity index (χ0) is 6.69. The average Bonchev–Trinajstić information content (AvgIpc) is 2.17. The fourth-order valence-electron chi connectivity index (χ4n) is 1.04. The molecule has 0 bridgehead atoms. The van der Waals surface area contributed by atoms with Gasteiger partial charge in [0.25, 0.3) is 0 Å². The van der Waals surface area contributed by atoms with Crippen LogP contribution in [0.1, 0.15) is 12.8 Å². The molecule has 1 rings (SSSR count). The highest BCUT2D eigenvalue weighted by atomic mass is 16.5. The van der Waals surface area contributed by atoms with Crippen LogP contribution < -0.4 is 0 Å². The molecule has 0 aliphatic carbocycles. The van der Waals surface area contributed by atoms with Gasteiger partial charge in [-0.2, -0.15) is 0 Å². The average molecular weight is 128 g/mol. The smallest absolute Gasteiger partial charge is 0.0798 e. The van der Waals surface area contributed by atoms with Crippen LogP contribution in [0.15, 0.2) is 12.7 Å². The molecule has 9 heavy (non-hydrogen) atoms. The zero-order valence-corrected chi connectivity index (χ0v) is 5.42. The van der Waals surface area contributed by atoms with Gasteiger partial charge < -0.3 is 9.84 Å². The summed E-state index contributed by atoms with van der Waals surface area (Å²) in [5.41, 5.74) is 0. The van der Waals surface area contributed by atoms with E-state index in [1.807, 2.05) is 6.08 Å². The lowest BCUT2D eigenvalue weighted by Crippen LogP contribution is -2.04. The molecule has 1 fully saturated rings. The van der Waals surface area contributed by atoms with Crippen molar-refractivity contribution in [3.05, 3.63) is 12.7 Å². The molecule has 1 aliphatic rings. The van der Waals surface area contributed by atoms with Crippen molar-refractivity contribution in [3.63, 3.8) is 0 Å². The van der Waals surface area contributed by atoms with Crippen LogP contribution in [-0.2, 0) is 4.74 Å². The first kappa shape index (κ1) is 6.78. The third-order valence-corrected chi connectivity index (χ3v) is 1.49. The third kappa shape index (κ3) is 1.80. The Bertz CT molecular complexity index is 101. The van der Waals surface area contributed by atoms with Crippen LogP contribution in [0.5, 0.6) is 0 Å². The molecule has 52 valence electrons. The second-order valence-corrected chi connectivity index (χ2v) is 2.37. The number of aliphatic hydroxyl groups is 1. The Hall–Kier alpha value is -0.340. The Morgan fingerprint density at radius 3 is 3.00 bits per heavy atom. The Balaban J connectivity index is 2.21. The van der Waals surface area contributed by atoms with E-state index < -0.39 is 0 Å². The van der Waals surface area contributed by atoms with Crippen molar-refractivity contribution in [2.45, 2.75) is 25.0 Å². The standard InChI is InChI=1S/C7H12O2/c1-2-3-7-4-6(8)5-9-7/h2,6-8H,1,3-5H2/t6-,7-/m1/s1. The minimum atomic E-state index is -0.241. The summed E-state index contributed by atoms with van der Waals surface area (Å²) in [5, 5.41) is 8.97. The number of ether oxygens (including phenoxy) is 1. The monoisotopic (exact) mass is 128 g/mol. The Morgan fingerprint density at radius 1 is 1.78 bits per heavy atom. The van der Waals surface area contributed by atoms with Gasteiger partial charge in [0.15, 0.2) is 0 Å². The van der Waals surface area contributed by atoms with E-state index in [9.17, 15) is 0 Å². The first-order chi connectivity index (χ1) is 4.33. The molecular weight excluding hydrogens is 116 g/mol. The van der Waals surface area contributed by atoms with E-state index in [0.717, 1.165) is 12.8 Å². The largest absolute Gasteiger partial charge is 0.391 e. The molecule has 0 spiro atoms. The minimum absolute atomic E-state index is 0.220. The molecule has 0 saturated carbocycles. The van der Waals surface area contributed by atoms with Gasteiger partial charge in [-0.05, 0) is 6.42 Å². The summed E-state index contributed by atoms with van der Waals surface area (Å²) in [4.78, 5) is 0. The van der Waals surface area contributed by atoms with Crippen LogP contribution in [-0.4, -0.2) is 23.9 Å². The molecule has 2 heteroatoms. The molecule has 0 aromatic carbocycles. The van der Waals surface area contributed by atoms with Gasteiger partial charge in [0.2, 0.25) is 0 Å². The second-order valence-electron chi connectivity index (χ2n) is 2.37. The molecule has 0 unspecified atom stereocenters. The van der Waals surface area contributed by atoms with Crippen molar-refractivity contribution in [1.82, 2.24) is 0 Å². The normalized spacial score (nSPS) is 34.8. The molecule has 2 atom stereocenters. The summed E-state index contributed by atoms with van der Waals surface area (Å²) >= 11 is 0. The zero-order valence-electron chi connectivity index (χ0n) is 5.42. The highest BCUT2D eigenvalue weighted by molar-refractivity contribution is 4.79. The van der Waals surface area contributed by atoms with Gasteiger partial charge in [-0.1, -0.05) is 6.08 Å². The molecule has 1 aliphatic heterocycles. The number of rotatable bonds is 2. The maximum atomic E-state index is 8.97. The van der Waals surface area contributed by atoms with Gasteiger partial charge >= 0.3 is 0 Å². The van der Waals surface area contributed by atoms with E-state index in [1.54, 1.807) is 0 Å². The summed E-state index contributed by atoms with van der Waals surface area (Å²) in [7, 11) is 0. The molecule has 0 radical (unpaired) electrons. The van der Waals surface area contributed by atoms with Gasteiger partial charge in [0, 0.05) is 6.42 Å². The maximum Gasteiger partial charge on any atom is 0.0798 e. The number of hydrogen-bond acceptors (Lipinski definition) is 2. The summed E-state index contributed by atoms with van der Waals surface area (Å²) in [6, 6.07) is 0. The van der Waals surface area contributed by atoms with Crippen molar-refractivity contribution < 1.29 is 9.84 Å². The minimum Gasteiger partial charge on any atom is -0.391 e. The molecular formula is C7H12O2. The third-order valence-electron chi connectivity index (χ3n) is 1.49. The molecule has 2 nitrogen and oxygen atoms in total. The van der Waals surface area contributed by atoms with E-state index >= 15 is 0 Å². The Kier molecular flexibility index (Phi) is 2.25. The van der Waals surface area contributed by atoms with Crippen molar-refractivity contribution in [2.24, 2.45) is 0 Å². The van der Waals surface area contributed by atoms with Gasteiger partial charge in [-0.3, -0.25) is 0 Å². The van der Waals surface area contributed by atoms with Crippen LogP contribution in [0.3, 0.4) is 0 Å². The lowest BCUT2D eigenvalue weighted by molar-refractivity contribution is 0.0902. The van der Waals surface area contributed by atoms with Gasteiger partial charge in [-0.15, -0.1) is 6.58 Å². The summed E-state index contributed by atoms with van der Waals surface area (Å²) in [6.45, 7) is 4.09. The maximum absolute atomic E-state index is 8.97. The predicted molar refractivity (Wildman–Crippen MR) is 35.2 cm³/mol. The first-order valence-corrected chi connectivity index (χ1v) is 3.23. The van der Waals surface area contributed by atoms with E-state index in [0.29, 0.717) is 6.61 Å². The highest BCUT2D eigenvalue weighted by Crippen LogP contribution is 2.15. The van der Waals surface area contributed by atoms with Crippen LogP contribution in [0.4, 0.5) is 0 Å². The van der Waals surface area contributed by atoms with Crippen LogP contribution >= 0.6 is 0 Å². The van der Waals surface area contributed by atoms with Crippen molar-refractivity contribution >= 4 is 0 Å². The highest BCUT2D eigenvalue weighted by Gasteiger charge is 2.21. The van der Waals surface area contributed by atoms with Crippen molar-refractivity contribution in [2.75, 3.05) is 6.61 Å². The topological polar surface area (TPSA) is 29.5 Å². The van der Waals surface area contributed by atoms with E-state index in [2.05, 4.69) is 6.58 Å². The lowest BCUT2D eigenvalue weighted by Gasteiger charge is -2.02. The number of aliphatic hydroxyl groups excluding tert-OH is 1. The number of hydrogen-bond donors (Lipinski definition) is 1. The molecule has 1 saturated heterocycles. The molecule has 1 N–H and O–H groups in total. The van der Waals surface area contributed by atoms with Gasteiger partial charge in [0.05, 0.1) is 18.8 Å². The van der Waals surface area contributed by atoms with Gasteiger partial charge in [-0.25, -0.2) is 0 Å².